The van der Waals surface area contributed by atoms with Crippen molar-refractivity contribution in [3.63, 3.8) is 0 Å². The number of hydrogen-bond donors (Lipinski definition) is 2. The third-order valence-electron chi connectivity index (χ3n) is 8.07. The van der Waals surface area contributed by atoms with E-state index in [1.807, 2.05) is 97.1 Å². The topological polar surface area (TPSA) is 77.4 Å². The molecule has 2 N–H and O–H groups in total. The Labute approximate surface area is 248 Å². The molecule has 0 unspecified atom stereocenters. The zero-order valence-corrected chi connectivity index (χ0v) is 24.7. The Morgan fingerprint density at radius 2 is 0.595 bits per heavy atom. The molecule has 42 heavy (non-hydrogen) atoms. The van der Waals surface area contributed by atoms with Crippen molar-refractivity contribution >= 4 is 0 Å². The minimum atomic E-state index is -0.772. The standard InChI is InChI=1S/C36H40O6/c1-35(2)25-5-13-31(14-6-25)39-21-29(37)23-41-33-17-9-27(10-18-33)36(3,4)28-11-19-34(20-12-28)42-24-30(38)22-40-32-15-7-26(35)8-16-32/h5-20,29-30,37-38H,21-24H2,1-4H3. The number of aliphatic hydroxyl groups is 2. The summed E-state index contributed by atoms with van der Waals surface area (Å²) in [7, 11) is 0. The van der Waals surface area contributed by atoms with E-state index in [2.05, 4.69) is 27.7 Å². The predicted molar refractivity (Wildman–Crippen MR) is 164 cm³/mol. The monoisotopic (exact) mass is 568 g/mol. The molecule has 7 aliphatic rings. The molecule has 0 radical (unpaired) electrons. The number of aliphatic hydroxyl groups excluding tert-OH is 2. The maximum atomic E-state index is 10.5. The molecule has 0 atom stereocenters. The van der Waals surface area contributed by atoms with Crippen LogP contribution in [0.4, 0.5) is 0 Å². The lowest BCUT2D eigenvalue weighted by atomic mass is 9.78. The molecule has 0 fully saturated rings. The molecule has 0 aromatic heterocycles. The molecule has 0 saturated heterocycles. The van der Waals surface area contributed by atoms with E-state index in [0.717, 1.165) is 22.3 Å². The van der Waals surface area contributed by atoms with Gasteiger partial charge in [-0.2, -0.15) is 0 Å². The van der Waals surface area contributed by atoms with Crippen LogP contribution in [-0.4, -0.2) is 48.8 Å². The minimum absolute atomic E-state index is 0.129. The predicted octanol–water partition coefficient (Wildman–Crippen LogP) is 6.29. The highest BCUT2D eigenvalue weighted by molar-refractivity contribution is 5.43. The highest BCUT2D eigenvalue weighted by Gasteiger charge is 2.25. The maximum absolute atomic E-state index is 10.5. The van der Waals surface area contributed by atoms with E-state index in [9.17, 15) is 10.2 Å². The Bertz CT molecular complexity index is 1200. The Balaban J connectivity index is 1.35. The molecule has 7 heterocycles. The number of rotatable bonds is 0. The first kappa shape index (κ1) is 29.5. The Morgan fingerprint density at radius 3 is 0.786 bits per heavy atom. The third kappa shape index (κ3) is 6.89. The van der Waals surface area contributed by atoms with Gasteiger partial charge in [-0.05, 0) is 70.8 Å². The van der Waals surface area contributed by atoms with Gasteiger partial charge in [-0.25, -0.2) is 0 Å². The smallest absolute Gasteiger partial charge is 0.122 e. The zero-order chi connectivity index (χ0) is 29.7. The lowest BCUT2D eigenvalue weighted by Crippen LogP contribution is -2.25. The van der Waals surface area contributed by atoms with Gasteiger partial charge in [0, 0.05) is 10.8 Å². The van der Waals surface area contributed by atoms with Gasteiger partial charge in [0.2, 0.25) is 0 Å². The van der Waals surface area contributed by atoms with E-state index in [0.29, 0.717) is 23.0 Å². The van der Waals surface area contributed by atoms with Crippen molar-refractivity contribution in [3.8, 4) is 23.0 Å². The maximum Gasteiger partial charge on any atom is 0.122 e. The molecule has 0 amide bonds. The second kappa shape index (κ2) is 12.5. The van der Waals surface area contributed by atoms with Gasteiger partial charge in [-0.1, -0.05) is 76.2 Å². The van der Waals surface area contributed by atoms with Crippen LogP contribution in [-0.2, 0) is 10.8 Å². The van der Waals surface area contributed by atoms with Gasteiger partial charge in [0.25, 0.3) is 0 Å². The van der Waals surface area contributed by atoms with Crippen LogP contribution in [0.25, 0.3) is 0 Å². The second-order valence-electron chi connectivity index (χ2n) is 11.9. The summed E-state index contributed by atoms with van der Waals surface area (Å²) in [6.45, 7) is 9.18. The van der Waals surface area contributed by atoms with Crippen molar-refractivity contribution in [1.82, 2.24) is 0 Å². The molecule has 0 spiro atoms. The molecule has 6 heteroatoms. The molecular formula is C36H40O6. The Kier molecular flexibility index (Phi) is 8.76. The van der Waals surface area contributed by atoms with Crippen LogP contribution in [0.2, 0.25) is 0 Å². The molecule has 6 nitrogen and oxygen atoms in total. The fourth-order valence-electron chi connectivity index (χ4n) is 5.07. The van der Waals surface area contributed by atoms with E-state index in [-0.39, 0.29) is 37.3 Å². The normalized spacial score (nSPS) is 20.4. The lowest BCUT2D eigenvalue weighted by Gasteiger charge is -2.27. The van der Waals surface area contributed by atoms with E-state index in [4.69, 9.17) is 18.9 Å². The number of ether oxygens (including phenoxy) is 4. The summed E-state index contributed by atoms with van der Waals surface area (Å²) >= 11 is 0. The van der Waals surface area contributed by atoms with Crippen LogP contribution in [0.5, 0.6) is 23.0 Å². The summed E-state index contributed by atoms with van der Waals surface area (Å²) in [4.78, 5) is 0. The molecule has 4 aromatic rings. The highest BCUT2D eigenvalue weighted by atomic mass is 16.5. The molecule has 8 bridgehead atoms. The fraction of sp³-hybridized carbons (Fsp3) is 0.333. The first-order chi connectivity index (χ1) is 20.1. The second-order valence-corrected chi connectivity index (χ2v) is 11.9. The van der Waals surface area contributed by atoms with Crippen LogP contribution < -0.4 is 18.9 Å². The third-order valence-corrected chi connectivity index (χ3v) is 8.07. The average Bonchev–Trinajstić information content (AvgIpc) is 3.01. The van der Waals surface area contributed by atoms with Gasteiger partial charge in [0.15, 0.2) is 0 Å². The lowest BCUT2D eigenvalue weighted by molar-refractivity contribution is 0.0626. The summed E-state index contributed by atoms with van der Waals surface area (Å²) in [5.41, 5.74) is 4.03. The van der Waals surface area contributed by atoms with E-state index in [1.54, 1.807) is 0 Å². The van der Waals surface area contributed by atoms with Crippen LogP contribution in [0.1, 0.15) is 49.9 Å². The zero-order valence-electron chi connectivity index (χ0n) is 24.7. The molecule has 7 aliphatic heterocycles. The number of benzene rings is 4. The summed E-state index contributed by atoms with van der Waals surface area (Å²) in [6, 6.07) is 31.8. The van der Waals surface area contributed by atoms with Crippen LogP contribution >= 0.6 is 0 Å². The van der Waals surface area contributed by atoms with Crippen LogP contribution in [0, 0.1) is 0 Å². The van der Waals surface area contributed by atoms with Crippen molar-refractivity contribution in [2.24, 2.45) is 0 Å². The largest absolute Gasteiger partial charge is 0.491 e. The minimum Gasteiger partial charge on any atom is -0.491 e. The van der Waals surface area contributed by atoms with Crippen LogP contribution in [0.15, 0.2) is 97.1 Å². The van der Waals surface area contributed by atoms with Gasteiger partial charge in [-0.3, -0.25) is 0 Å². The van der Waals surface area contributed by atoms with Crippen molar-refractivity contribution < 1.29 is 29.2 Å². The molecular weight excluding hydrogens is 528 g/mol. The molecule has 0 aliphatic carbocycles. The van der Waals surface area contributed by atoms with Gasteiger partial charge in [0.05, 0.1) is 0 Å². The van der Waals surface area contributed by atoms with Gasteiger partial charge in [-0.15, -0.1) is 0 Å². The van der Waals surface area contributed by atoms with Gasteiger partial charge in [0.1, 0.15) is 61.6 Å². The van der Waals surface area contributed by atoms with E-state index < -0.39 is 12.2 Å². The molecule has 220 valence electrons. The SMILES string of the molecule is CC1(C)c2ccc(cc2)OCC(O)COc2ccc(cc2)C(C)(C)c2ccc(cc2)OCC(O)COc2ccc1cc2. The number of hydrogen-bond acceptors (Lipinski definition) is 6. The first-order valence-electron chi connectivity index (χ1n) is 14.4. The Morgan fingerprint density at radius 1 is 0.405 bits per heavy atom. The fourth-order valence-corrected chi connectivity index (χ4v) is 5.07. The molecule has 0 saturated carbocycles. The summed E-state index contributed by atoms with van der Waals surface area (Å²) < 4.78 is 23.4. The van der Waals surface area contributed by atoms with Crippen molar-refractivity contribution in [1.29, 1.82) is 0 Å². The van der Waals surface area contributed by atoms with Gasteiger partial charge >= 0.3 is 0 Å². The quantitative estimate of drug-likeness (QED) is 0.260. The average molecular weight is 569 g/mol. The van der Waals surface area contributed by atoms with E-state index in [1.165, 1.54) is 0 Å². The van der Waals surface area contributed by atoms with Crippen molar-refractivity contribution in [3.05, 3.63) is 119 Å². The highest BCUT2D eigenvalue weighted by Crippen LogP contribution is 2.35. The molecule has 4 aromatic carbocycles. The molecule has 11 rings (SSSR count). The summed E-state index contributed by atoms with van der Waals surface area (Å²) in [5.74, 6) is 2.75. The van der Waals surface area contributed by atoms with Crippen molar-refractivity contribution in [2.75, 3.05) is 26.4 Å². The van der Waals surface area contributed by atoms with Crippen LogP contribution in [0.3, 0.4) is 0 Å². The Hall–Kier alpha value is -4.00. The first-order valence-corrected chi connectivity index (χ1v) is 14.4. The summed E-state index contributed by atoms with van der Waals surface area (Å²) in [6.07, 6.45) is -1.54. The van der Waals surface area contributed by atoms with Crippen molar-refractivity contribution in [2.45, 2.75) is 50.7 Å². The summed E-state index contributed by atoms with van der Waals surface area (Å²) in [5, 5.41) is 20.9. The van der Waals surface area contributed by atoms with Gasteiger partial charge < -0.3 is 29.2 Å². The van der Waals surface area contributed by atoms with E-state index >= 15 is 0 Å².